The SMILES string of the molecule is CC1(C)OC(=O)N(C2CCC(NC(=O)c3csc(-c4cscn4)n3)CC2)C1c1ccccc1. The van der Waals surface area contributed by atoms with Crippen LogP contribution in [-0.2, 0) is 4.74 Å². The molecule has 2 amide bonds. The Morgan fingerprint density at radius 3 is 2.61 bits per heavy atom. The molecule has 1 unspecified atom stereocenters. The van der Waals surface area contributed by atoms with Gasteiger partial charge in [0.2, 0.25) is 0 Å². The summed E-state index contributed by atoms with van der Waals surface area (Å²) >= 11 is 2.93. The first-order valence-corrected chi connectivity index (χ1v) is 13.0. The molecule has 2 aromatic heterocycles. The Morgan fingerprint density at radius 2 is 1.91 bits per heavy atom. The van der Waals surface area contributed by atoms with Gasteiger partial charge in [-0.15, -0.1) is 22.7 Å². The number of benzene rings is 1. The van der Waals surface area contributed by atoms with Gasteiger partial charge in [-0.1, -0.05) is 30.3 Å². The van der Waals surface area contributed by atoms with E-state index < -0.39 is 5.60 Å². The predicted octanol–water partition coefficient (Wildman–Crippen LogP) is 5.28. The van der Waals surface area contributed by atoms with Crippen LogP contribution in [0.5, 0.6) is 0 Å². The lowest BCUT2D eigenvalue weighted by atomic mass is 9.86. The van der Waals surface area contributed by atoms with E-state index in [0.717, 1.165) is 41.9 Å². The van der Waals surface area contributed by atoms with Crippen molar-refractivity contribution >= 4 is 34.7 Å². The highest BCUT2D eigenvalue weighted by atomic mass is 32.1. The van der Waals surface area contributed by atoms with E-state index >= 15 is 0 Å². The fraction of sp³-hybridized carbons (Fsp3) is 0.417. The summed E-state index contributed by atoms with van der Waals surface area (Å²) in [5.41, 5.74) is 3.48. The van der Waals surface area contributed by atoms with Crippen LogP contribution in [0.3, 0.4) is 0 Å². The van der Waals surface area contributed by atoms with Crippen molar-refractivity contribution in [1.29, 1.82) is 0 Å². The number of carbonyl (C=O) groups excluding carboxylic acids is 2. The van der Waals surface area contributed by atoms with Crippen LogP contribution in [0.1, 0.15) is 61.6 Å². The molecule has 2 fully saturated rings. The summed E-state index contributed by atoms with van der Waals surface area (Å²) in [5, 5.41) is 7.59. The minimum atomic E-state index is -0.594. The highest BCUT2D eigenvalue weighted by Gasteiger charge is 2.51. The van der Waals surface area contributed by atoms with Crippen LogP contribution in [0.2, 0.25) is 0 Å². The summed E-state index contributed by atoms with van der Waals surface area (Å²) in [7, 11) is 0. The largest absolute Gasteiger partial charge is 0.441 e. The molecule has 33 heavy (non-hydrogen) atoms. The molecule has 0 bridgehead atoms. The summed E-state index contributed by atoms with van der Waals surface area (Å²) in [6.07, 6.45) is 3.01. The zero-order chi connectivity index (χ0) is 23.0. The molecule has 0 radical (unpaired) electrons. The number of aromatic nitrogens is 2. The normalized spacial score (nSPS) is 24.5. The van der Waals surface area contributed by atoms with Gasteiger partial charge in [0.15, 0.2) is 0 Å². The highest BCUT2D eigenvalue weighted by Crippen LogP contribution is 2.44. The molecule has 1 aromatic carbocycles. The molecule has 3 aromatic rings. The zero-order valence-corrected chi connectivity index (χ0v) is 20.2. The minimum absolute atomic E-state index is 0.0694. The smallest absolute Gasteiger partial charge is 0.411 e. The van der Waals surface area contributed by atoms with Crippen LogP contribution in [0.4, 0.5) is 4.79 Å². The molecule has 1 N–H and O–H groups in total. The average molecular weight is 483 g/mol. The third-order valence-electron chi connectivity index (χ3n) is 6.43. The topological polar surface area (TPSA) is 84.4 Å². The lowest BCUT2D eigenvalue weighted by Gasteiger charge is -2.38. The quantitative estimate of drug-likeness (QED) is 0.535. The fourth-order valence-electron chi connectivity index (χ4n) is 4.90. The molecule has 1 aliphatic carbocycles. The van der Waals surface area contributed by atoms with Crippen molar-refractivity contribution in [2.75, 3.05) is 0 Å². The number of amides is 2. The molecule has 2 aliphatic rings. The Kier molecular flexibility index (Phi) is 5.92. The van der Waals surface area contributed by atoms with Gasteiger partial charge in [-0.3, -0.25) is 9.69 Å². The first kappa shape index (κ1) is 22.0. The maximum absolute atomic E-state index is 12.8. The summed E-state index contributed by atoms with van der Waals surface area (Å²) in [6, 6.07) is 10.1. The van der Waals surface area contributed by atoms with E-state index in [1.807, 2.05) is 42.3 Å². The van der Waals surface area contributed by atoms with Crippen LogP contribution in [0, 0.1) is 0 Å². The third-order valence-corrected chi connectivity index (χ3v) is 7.88. The summed E-state index contributed by atoms with van der Waals surface area (Å²) in [6.45, 7) is 3.95. The Labute approximate surface area is 200 Å². The van der Waals surface area contributed by atoms with E-state index in [1.165, 1.54) is 22.7 Å². The number of hydrogen-bond donors (Lipinski definition) is 1. The number of nitrogens with one attached hydrogen (secondary N) is 1. The Hall–Kier alpha value is -2.78. The van der Waals surface area contributed by atoms with Crippen molar-refractivity contribution in [2.24, 2.45) is 0 Å². The van der Waals surface area contributed by atoms with E-state index in [2.05, 4.69) is 27.4 Å². The second kappa shape index (κ2) is 8.87. The van der Waals surface area contributed by atoms with Crippen molar-refractivity contribution in [1.82, 2.24) is 20.2 Å². The number of nitrogens with zero attached hydrogens (tertiary/aromatic N) is 3. The van der Waals surface area contributed by atoms with Gasteiger partial charge in [0.1, 0.15) is 22.0 Å². The maximum atomic E-state index is 12.8. The molecular formula is C24H26N4O3S2. The monoisotopic (exact) mass is 482 g/mol. The summed E-state index contributed by atoms with van der Waals surface area (Å²) < 4.78 is 5.77. The van der Waals surface area contributed by atoms with Gasteiger partial charge in [-0.25, -0.2) is 14.8 Å². The lowest BCUT2D eigenvalue weighted by molar-refractivity contribution is 0.0663. The molecule has 5 rings (SSSR count). The number of hydrogen-bond acceptors (Lipinski definition) is 7. The van der Waals surface area contributed by atoms with Crippen LogP contribution in [-0.4, -0.2) is 44.6 Å². The summed E-state index contributed by atoms with van der Waals surface area (Å²) in [4.78, 5) is 36.2. The van der Waals surface area contributed by atoms with E-state index in [9.17, 15) is 9.59 Å². The van der Waals surface area contributed by atoms with E-state index in [1.54, 1.807) is 10.9 Å². The number of cyclic esters (lactones) is 1. The molecule has 7 nitrogen and oxygen atoms in total. The lowest BCUT2D eigenvalue weighted by Crippen LogP contribution is -2.46. The Bertz CT molecular complexity index is 1120. The van der Waals surface area contributed by atoms with Crippen LogP contribution in [0.15, 0.2) is 46.6 Å². The zero-order valence-electron chi connectivity index (χ0n) is 18.6. The molecule has 9 heteroatoms. The molecular weight excluding hydrogens is 456 g/mol. The maximum Gasteiger partial charge on any atom is 0.411 e. The van der Waals surface area contributed by atoms with Crippen LogP contribution in [0.25, 0.3) is 10.7 Å². The highest BCUT2D eigenvalue weighted by molar-refractivity contribution is 7.14. The van der Waals surface area contributed by atoms with Crippen molar-refractivity contribution in [3.05, 3.63) is 57.9 Å². The van der Waals surface area contributed by atoms with E-state index in [-0.39, 0.29) is 30.1 Å². The standard InChI is InChI=1S/C24H26N4O3S2/c1-24(2)20(15-6-4-3-5-7-15)28(23(30)31-24)17-10-8-16(9-11-17)26-21(29)18-13-33-22(27-18)19-12-32-14-25-19/h3-7,12-14,16-17,20H,8-11H2,1-2H3,(H,26,29). The molecule has 0 spiro atoms. The minimum Gasteiger partial charge on any atom is -0.441 e. The first-order valence-electron chi connectivity index (χ1n) is 11.1. The molecule has 1 saturated heterocycles. The molecule has 1 atom stereocenters. The third kappa shape index (κ3) is 4.39. The van der Waals surface area contributed by atoms with Crippen LogP contribution < -0.4 is 5.32 Å². The Balaban J connectivity index is 1.22. The van der Waals surface area contributed by atoms with Crippen molar-refractivity contribution in [2.45, 2.75) is 63.3 Å². The second-order valence-corrected chi connectivity index (χ2v) is 10.7. The van der Waals surface area contributed by atoms with Gasteiger partial charge >= 0.3 is 6.09 Å². The first-order chi connectivity index (χ1) is 15.9. The molecule has 1 saturated carbocycles. The summed E-state index contributed by atoms with van der Waals surface area (Å²) in [5.74, 6) is -0.153. The van der Waals surface area contributed by atoms with E-state index in [4.69, 9.17) is 4.74 Å². The van der Waals surface area contributed by atoms with Crippen molar-refractivity contribution in [3.8, 4) is 10.7 Å². The molecule has 1 aliphatic heterocycles. The predicted molar refractivity (Wildman–Crippen MR) is 128 cm³/mol. The van der Waals surface area contributed by atoms with Gasteiger partial charge in [0, 0.05) is 22.8 Å². The van der Waals surface area contributed by atoms with Crippen LogP contribution >= 0.6 is 22.7 Å². The Morgan fingerprint density at radius 1 is 1.15 bits per heavy atom. The van der Waals surface area contributed by atoms with Gasteiger partial charge in [0.05, 0.1) is 11.6 Å². The van der Waals surface area contributed by atoms with Gasteiger partial charge in [-0.2, -0.15) is 0 Å². The average Bonchev–Trinajstić information content (AvgIpc) is 3.53. The number of ether oxygens (including phenoxy) is 1. The number of carbonyl (C=O) groups is 2. The van der Waals surface area contributed by atoms with E-state index in [0.29, 0.717) is 5.69 Å². The molecule has 172 valence electrons. The van der Waals surface area contributed by atoms with Gasteiger partial charge < -0.3 is 10.1 Å². The van der Waals surface area contributed by atoms with Gasteiger partial charge in [-0.05, 0) is 45.1 Å². The van der Waals surface area contributed by atoms with Crippen molar-refractivity contribution in [3.63, 3.8) is 0 Å². The molecule has 3 heterocycles. The fourth-order valence-corrected chi connectivity index (χ4v) is 6.28. The number of rotatable bonds is 5. The van der Waals surface area contributed by atoms with Gasteiger partial charge in [0.25, 0.3) is 5.91 Å². The second-order valence-electron chi connectivity index (χ2n) is 9.08. The van der Waals surface area contributed by atoms with Crippen molar-refractivity contribution < 1.29 is 14.3 Å². The number of thiazole rings is 2.